The zero-order valence-electron chi connectivity index (χ0n) is 10.0. The van der Waals surface area contributed by atoms with E-state index in [-0.39, 0.29) is 5.91 Å². The van der Waals surface area contributed by atoms with Crippen LogP contribution >= 0.6 is 11.8 Å². The van der Waals surface area contributed by atoms with Gasteiger partial charge >= 0.3 is 0 Å². The van der Waals surface area contributed by atoms with Crippen molar-refractivity contribution in [1.82, 2.24) is 4.90 Å². The molecule has 0 bridgehead atoms. The molecule has 2 nitrogen and oxygen atoms in total. The molecule has 0 aliphatic carbocycles. The smallest absolute Gasteiger partial charge is 0.254 e. The van der Waals surface area contributed by atoms with Crippen LogP contribution in [-0.4, -0.2) is 30.0 Å². The number of carbonyl (C=O) groups excluding carboxylic acids is 1. The van der Waals surface area contributed by atoms with Crippen molar-refractivity contribution >= 4 is 28.4 Å². The highest BCUT2D eigenvalue weighted by atomic mass is 32.2. The van der Waals surface area contributed by atoms with Crippen LogP contribution in [0.25, 0.3) is 10.8 Å². The molecule has 2 aromatic rings. The van der Waals surface area contributed by atoms with Crippen molar-refractivity contribution in [3.8, 4) is 0 Å². The number of carbonyl (C=O) groups is 1. The summed E-state index contributed by atoms with van der Waals surface area (Å²) >= 11 is 1.64. The zero-order valence-corrected chi connectivity index (χ0v) is 10.8. The van der Waals surface area contributed by atoms with Crippen molar-refractivity contribution in [2.75, 3.05) is 19.2 Å². The first kappa shape index (κ1) is 12.0. The Hall–Kier alpha value is -1.48. The Bertz CT molecular complexity index is 538. The first-order valence-electron chi connectivity index (χ1n) is 5.45. The van der Waals surface area contributed by atoms with E-state index in [1.54, 1.807) is 16.7 Å². The standard InChI is InChI=1S/C14H15NOS/c1-15(10-17-2)14(16)13-8-7-11-5-3-4-6-12(11)9-13/h3-9H,10H2,1-2H3. The van der Waals surface area contributed by atoms with Crippen LogP contribution in [0.1, 0.15) is 10.4 Å². The highest BCUT2D eigenvalue weighted by Crippen LogP contribution is 2.16. The second kappa shape index (κ2) is 5.23. The number of thioether (sulfide) groups is 1. The maximum Gasteiger partial charge on any atom is 0.254 e. The zero-order chi connectivity index (χ0) is 12.3. The molecule has 0 atom stereocenters. The van der Waals surface area contributed by atoms with Gasteiger partial charge < -0.3 is 4.90 Å². The van der Waals surface area contributed by atoms with Crippen LogP contribution in [0.3, 0.4) is 0 Å². The van der Waals surface area contributed by atoms with Crippen molar-refractivity contribution < 1.29 is 4.79 Å². The molecule has 0 spiro atoms. The number of benzene rings is 2. The van der Waals surface area contributed by atoms with E-state index < -0.39 is 0 Å². The third-order valence-electron chi connectivity index (χ3n) is 2.67. The molecule has 0 unspecified atom stereocenters. The number of hydrogen-bond donors (Lipinski definition) is 0. The van der Waals surface area contributed by atoms with Gasteiger partial charge in [0, 0.05) is 12.6 Å². The van der Waals surface area contributed by atoms with Crippen molar-refractivity contribution in [1.29, 1.82) is 0 Å². The lowest BCUT2D eigenvalue weighted by atomic mass is 10.1. The SMILES string of the molecule is CSCN(C)C(=O)c1ccc2ccccc2c1. The van der Waals surface area contributed by atoms with Crippen molar-refractivity contribution in [2.24, 2.45) is 0 Å². The van der Waals surface area contributed by atoms with Crippen LogP contribution in [0.4, 0.5) is 0 Å². The highest BCUT2D eigenvalue weighted by Gasteiger charge is 2.10. The molecule has 2 rings (SSSR count). The number of fused-ring (bicyclic) bond motifs is 1. The van der Waals surface area contributed by atoms with Crippen LogP contribution in [0.2, 0.25) is 0 Å². The average molecular weight is 245 g/mol. The van der Waals surface area contributed by atoms with Gasteiger partial charge in [0.2, 0.25) is 0 Å². The van der Waals surface area contributed by atoms with E-state index in [4.69, 9.17) is 0 Å². The number of amides is 1. The lowest BCUT2D eigenvalue weighted by Crippen LogP contribution is -2.26. The van der Waals surface area contributed by atoms with E-state index in [0.717, 1.165) is 16.3 Å². The van der Waals surface area contributed by atoms with Gasteiger partial charge in [0.05, 0.1) is 5.88 Å². The van der Waals surface area contributed by atoms with Gasteiger partial charge in [0.25, 0.3) is 5.91 Å². The molecule has 0 heterocycles. The van der Waals surface area contributed by atoms with Gasteiger partial charge in [-0.25, -0.2) is 0 Å². The van der Waals surface area contributed by atoms with Crippen LogP contribution in [-0.2, 0) is 0 Å². The van der Waals surface area contributed by atoms with Gasteiger partial charge in [-0.2, -0.15) is 0 Å². The molecule has 0 aliphatic heterocycles. The summed E-state index contributed by atoms with van der Waals surface area (Å²) in [5, 5.41) is 2.27. The normalized spacial score (nSPS) is 10.5. The number of nitrogens with zero attached hydrogens (tertiary/aromatic N) is 1. The molecule has 1 amide bonds. The van der Waals surface area contributed by atoms with Crippen molar-refractivity contribution in [3.63, 3.8) is 0 Å². The summed E-state index contributed by atoms with van der Waals surface area (Å²) in [5.74, 6) is 0.788. The van der Waals surface area contributed by atoms with Gasteiger partial charge in [-0.1, -0.05) is 30.3 Å². The second-order valence-electron chi connectivity index (χ2n) is 3.98. The van der Waals surface area contributed by atoms with E-state index in [2.05, 4.69) is 6.07 Å². The summed E-state index contributed by atoms with van der Waals surface area (Å²) in [7, 11) is 1.83. The summed E-state index contributed by atoms with van der Waals surface area (Å²) < 4.78 is 0. The largest absolute Gasteiger partial charge is 0.332 e. The van der Waals surface area contributed by atoms with Gasteiger partial charge in [0.15, 0.2) is 0 Å². The first-order chi connectivity index (χ1) is 8.22. The Kier molecular flexibility index (Phi) is 3.69. The molecule has 0 aliphatic rings. The lowest BCUT2D eigenvalue weighted by Gasteiger charge is -2.15. The van der Waals surface area contributed by atoms with E-state index in [9.17, 15) is 4.79 Å². The monoisotopic (exact) mass is 245 g/mol. The first-order valence-corrected chi connectivity index (χ1v) is 6.85. The molecule has 0 saturated heterocycles. The van der Waals surface area contributed by atoms with Gasteiger partial charge in [0.1, 0.15) is 0 Å². The Balaban J connectivity index is 2.33. The molecule has 17 heavy (non-hydrogen) atoms. The lowest BCUT2D eigenvalue weighted by molar-refractivity contribution is 0.0820. The van der Waals surface area contributed by atoms with E-state index in [1.807, 2.05) is 49.7 Å². The fraction of sp³-hybridized carbons (Fsp3) is 0.214. The molecule has 3 heteroatoms. The Morgan fingerprint density at radius 1 is 1.18 bits per heavy atom. The van der Waals surface area contributed by atoms with Gasteiger partial charge in [-0.3, -0.25) is 4.79 Å². The third kappa shape index (κ3) is 2.61. The van der Waals surface area contributed by atoms with Gasteiger partial charge in [-0.05, 0) is 29.2 Å². The van der Waals surface area contributed by atoms with E-state index in [1.165, 1.54) is 0 Å². The predicted octanol–water partition coefficient (Wildman–Crippen LogP) is 3.23. The predicted molar refractivity (Wildman–Crippen MR) is 74.4 cm³/mol. The maximum absolute atomic E-state index is 12.1. The van der Waals surface area contributed by atoms with Crippen LogP contribution < -0.4 is 0 Å². The molecule has 0 aromatic heterocycles. The average Bonchev–Trinajstić information content (AvgIpc) is 2.37. The van der Waals surface area contributed by atoms with E-state index in [0.29, 0.717) is 5.88 Å². The summed E-state index contributed by atoms with van der Waals surface area (Å²) in [5.41, 5.74) is 0.750. The van der Waals surface area contributed by atoms with Crippen molar-refractivity contribution in [2.45, 2.75) is 0 Å². The molecule has 0 radical (unpaired) electrons. The summed E-state index contributed by atoms with van der Waals surface area (Å²) in [6.45, 7) is 0. The minimum atomic E-state index is 0.0742. The Morgan fingerprint density at radius 3 is 2.59 bits per heavy atom. The molecule has 0 saturated carbocycles. The van der Waals surface area contributed by atoms with Crippen LogP contribution in [0.5, 0.6) is 0 Å². The summed E-state index contributed by atoms with van der Waals surface area (Å²) in [4.78, 5) is 13.8. The Labute approximate surface area is 106 Å². The minimum Gasteiger partial charge on any atom is -0.332 e. The summed E-state index contributed by atoms with van der Waals surface area (Å²) in [6.07, 6.45) is 1.99. The third-order valence-corrected chi connectivity index (χ3v) is 3.31. The molecule has 88 valence electrons. The molecular formula is C14H15NOS. The highest BCUT2D eigenvalue weighted by molar-refractivity contribution is 7.98. The second-order valence-corrected chi connectivity index (χ2v) is 4.82. The minimum absolute atomic E-state index is 0.0742. The van der Waals surface area contributed by atoms with E-state index >= 15 is 0 Å². The molecule has 0 fully saturated rings. The molecule has 2 aromatic carbocycles. The van der Waals surface area contributed by atoms with Gasteiger partial charge in [-0.15, -0.1) is 11.8 Å². The maximum atomic E-state index is 12.1. The van der Waals surface area contributed by atoms with Crippen molar-refractivity contribution in [3.05, 3.63) is 48.0 Å². The number of hydrogen-bond acceptors (Lipinski definition) is 2. The molecular weight excluding hydrogens is 230 g/mol. The quantitative estimate of drug-likeness (QED) is 0.774. The molecule has 0 N–H and O–H groups in total. The fourth-order valence-corrected chi connectivity index (χ4v) is 2.30. The topological polar surface area (TPSA) is 20.3 Å². The van der Waals surface area contributed by atoms with Crippen LogP contribution in [0.15, 0.2) is 42.5 Å². The fourth-order valence-electron chi connectivity index (χ4n) is 1.80. The van der Waals surface area contributed by atoms with Crippen LogP contribution in [0, 0.1) is 0 Å². The summed E-state index contributed by atoms with van der Waals surface area (Å²) in [6, 6.07) is 13.9. The Morgan fingerprint density at radius 2 is 1.88 bits per heavy atom. The number of rotatable bonds is 3.